The molecule has 0 aliphatic carbocycles. The van der Waals surface area contributed by atoms with E-state index < -0.39 is 46.0 Å². The van der Waals surface area contributed by atoms with E-state index in [1.165, 1.54) is 16.7 Å². The van der Waals surface area contributed by atoms with E-state index in [4.69, 9.17) is 5.73 Å². The predicted molar refractivity (Wildman–Crippen MR) is 132 cm³/mol. The molecule has 5 N–H and O–H groups in total. The minimum absolute atomic E-state index is 0.142. The zero-order chi connectivity index (χ0) is 25.1. The highest BCUT2D eigenvalue weighted by Gasteiger charge is 2.64. The first-order valence-corrected chi connectivity index (χ1v) is 12.7. The van der Waals surface area contributed by atoms with Crippen molar-refractivity contribution in [2.45, 2.75) is 79.9 Å². The third-order valence-corrected chi connectivity index (χ3v) is 8.80. The number of phenolic OH excluding ortho intramolecular Hbond substituents is 1. The molecule has 4 aliphatic heterocycles. The Balaban J connectivity index is 1.38. The fourth-order valence-electron chi connectivity index (χ4n) is 5.42. The largest absolute Gasteiger partial charge is 0.507 e. The summed E-state index contributed by atoms with van der Waals surface area (Å²) in [5.41, 5.74) is 8.13. The van der Waals surface area contributed by atoms with Crippen LogP contribution in [0.15, 0.2) is 22.1 Å². The minimum Gasteiger partial charge on any atom is -0.507 e. The number of aromatic hydroxyl groups is 1. The van der Waals surface area contributed by atoms with Crippen LogP contribution in [0.2, 0.25) is 0 Å². The molecule has 186 valence electrons. The van der Waals surface area contributed by atoms with Crippen molar-refractivity contribution in [2.24, 2.45) is 15.7 Å². The molecule has 6 atom stereocenters. The van der Waals surface area contributed by atoms with Gasteiger partial charge < -0.3 is 26.2 Å². The number of phenols is 1. The Morgan fingerprint density at radius 1 is 1.17 bits per heavy atom. The van der Waals surface area contributed by atoms with Crippen LogP contribution in [0.1, 0.15) is 74.3 Å². The van der Waals surface area contributed by atoms with Gasteiger partial charge in [0.05, 0.1) is 12.1 Å². The molecular formula is C24H29N5O5S. The third-order valence-electron chi connectivity index (χ3n) is 7.23. The van der Waals surface area contributed by atoms with Gasteiger partial charge in [-0.25, -0.2) is 4.79 Å². The highest BCUT2D eigenvalue weighted by atomic mass is 32.2. The fourth-order valence-corrected chi connectivity index (χ4v) is 7.05. The zero-order valence-electron chi connectivity index (χ0n) is 19.5. The van der Waals surface area contributed by atoms with E-state index in [2.05, 4.69) is 15.3 Å². The Morgan fingerprint density at radius 2 is 1.74 bits per heavy atom. The molecule has 1 aromatic rings. The number of nitrogens with two attached hydrogens (primary N) is 1. The maximum Gasteiger partial charge on any atom is 0.327 e. The van der Waals surface area contributed by atoms with Crippen molar-refractivity contribution in [1.82, 2.24) is 10.2 Å². The van der Waals surface area contributed by atoms with Crippen LogP contribution in [0.5, 0.6) is 5.75 Å². The number of nitrogens with one attached hydrogen (secondary N) is 1. The first-order valence-electron chi connectivity index (χ1n) is 11.8. The van der Waals surface area contributed by atoms with Crippen molar-refractivity contribution >= 4 is 42.0 Å². The van der Waals surface area contributed by atoms with E-state index in [1.807, 2.05) is 12.4 Å². The number of aliphatic imine (C=N–C) groups is 2. The summed E-state index contributed by atoms with van der Waals surface area (Å²) in [5, 5.41) is 22.9. The summed E-state index contributed by atoms with van der Waals surface area (Å²) in [6, 6.07) is 0.156. The van der Waals surface area contributed by atoms with Crippen LogP contribution in [0.3, 0.4) is 0 Å². The number of fused-ring (bicyclic) bond motifs is 1. The highest BCUT2D eigenvalue weighted by molar-refractivity contribution is 8.01. The lowest BCUT2D eigenvalue weighted by molar-refractivity contribution is -0.161. The summed E-state index contributed by atoms with van der Waals surface area (Å²) in [4.78, 5) is 47.9. The van der Waals surface area contributed by atoms with Crippen molar-refractivity contribution < 1.29 is 24.6 Å². The molecule has 10 nitrogen and oxygen atoms in total. The van der Waals surface area contributed by atoms with Gasteiger partial charge in [0.2, 0.25) is 11.8 Å². The average molecular weight is 500 g/mol. The number of carbonyl (C=O) groups is 3. The van der Waals surface area contributed by atoms with Crippen LogP contribution in [0.4, 0.5) is 0 Å². The van der Waals surface area contributed by atoms with Gasteiger partial charge in [-0.3, -0.25) is 19.6 Å². The van der Waals surface area contributed by atoms with E-state index in [-0.39, 0.29) is 17.8 Å². The maximum absolute atomic E-state index is 13.2. The molecule has 2 amide bonds. The standard InChI is InChI=1S/C24H29N5O5S/c1-24(2)19(23(33)34)29-21(32)17(22(29)35-24)28-20(31)16(25)11-9-12(14-5-3-7-26-14)18(30)13(10-11)15-6-4-8-27-15/h7-10,14-17,19,22,30H,3-6,25H2,1-2H3,(H,28,31)(H,33,34)/t14?,15?,16-,17-,19?,22-/m1/s1. The van der Waals surface area contributed by atoms with E-state index in [0.717, 1.165) is 25.7 Å². The highest BCUT2D eigenvalue weighted by Crippen LogP contribution is 2.51. The van der Waals surface area contributed by atoms with Gasteiger partial charge in [-0.2, -0.15) is 0 Å². The lowest BCUT2D eigenvalue weighted by Gasteiger charge is -2.43. The Kier molecular flexibility index (Phi) is 5.87. The zero-order valence-corrected chi connectivity index (χ0v) is 20.4. The molecule has 4 heterocycles. The summed E-state index contributed by atoms with van der Waals surface area (Å²) in [6.45, 7) is 3.56. The number of thioether (sulfide) groups is 1. The number of amides is 2. The van der Waals surface area contributed by atoms with Crippen molar-refractivity contribution in [3.8, 4) is 5.75 Å². The van der Waals surface area contributed by atoms with Gasteiger partial charge in [-0.05, 0) is 69.7 Å². The van der Waals surface area contributed by atoms with Crippen LogP contribution >= 0.6 is 11.8 Å². The summed E-state index contributed by atoms with van der Waals surface area (Å²) in [5.74, 6) is -1.88. The van der Waals surface area contributed by atoms with Crippen LogP contribution < -0.4 is 11.1 Å². The number of carboxylic acid groups (broad SMARTS) is 1. The summed E-state index contributed by atoms with van der Waals surface area (Å²) in [7, 11) is 0. The van der Waals surface area contributed by atoms with Crippen LogP contribution in [0.25, 0.3) is 0 Å². The van der Waals surface area contributed by atoms with Gasteiger partial charge in [0.15, 0.2) is 0 Å². The smallest absolute Gasteiger partial charge is 0.327 e. The van der Waals surface area contributed by atoms with Crippen LogP contribution in [-0.4, -0.2) is 67.5 Å². The van der Waals surface area contributed by atoms with E-state index >= 15 is 0 Å². The van der Waals surface area contributed by atoms with Crippen molar-refractivity contribution in [3.63, 3.8) is 0 Å². The molecule has 0 saturated carbocycles. The first kappa shape index (κ1) is 23.8. The van der Waals surface area contributed by atoms with Gasteiger partial charge in [-0.15, -0.1) is 11.8 Å². The minimum atomic E-state index is -1.08. The van der Waals surface area contributed by atoms with Gasteiger partial charge in [0.25, 0.3) is 0 Å². The van der Waals surface area contributed by atoms with Crippen molar-refractivity contribution in [3.05, 3.63) is 28.8 Å². The molecule has 5 rings (SSSR count). The lowest BCUT2D eigenvalue weighted by atomic mass is 9.91. The Labute approximate surface area is 207 Å². The molecule has 0 spiro atoms. The number of rotatable bonds is 6. The summed E-state index contributed by atoms with van der Waals surface area (Å²) < 4.78 is -0.682. The third kappa shape index (κ3) is 3.90. The molecule has 11 heteroatoms. The number of hydrogen-bond donors (Lipinski definition) is 4. The second kappa shape index (κ2) is 8.63. The Morgan fingerprint density at radius 3 is 2.23 bits per heavy atom. The van der Waals surface area contributed by atoms with Gasteiger partial charge in [-0.1, -0.05) is 0 Å². The Bertz CT molecular complexity index is 1110. The summed E-state index contributed by atoms with van der Waals surface area (Å²) in [6.07, 6.45) is 6.80. The molecular weight excluding hydrogens is 470 g/mol. The van der Waals surface area contributed by atoms with Gasteiger partial charge >= 0.3 is 5.97 Å². The van der Waals surface area contributed by atoms with Gasteiger partial charge in [0, 0.05) is 15.9 Å². The van der Waals surface area contributed by atoms with E-state index in [0.29, 0.717) is 16.7 Å². The number of carboxylic acids is 1. The predicted octanol–water partition coefficient (Wildman–Crippen LogP) is 1.84. The Hall–Kier alpha value is -2.92. The molecule has 3 unspecified atom stereocenters. The van der Waals surface area contributed by atoms with Crippen molar-refractivity contribution in [1.29, 1.82) is 0 Å². The number of hydrogen-bond acceptors (Lipinski definition) is 8. The molecule has 0 aromatic heterocycles. The molecule has 0 bridgehead atoms. The maximum atomic E-state index is 13.2. The number of aliphatic carboxylic acids is 1. The number of nitrogens with zero attached hydrogens (tertiary/aromatic N) is 3. The van der Waals surface area contributed by atoms with E-state index in [1.54, 1.807) is 26.0 Å². The second-order valence-electron chi connectivity index (χ2n) is 9.96. The molecule has 35 heavy (non-hydrogen) atoms. The number of carbonyl (C=O) groups excluding carboxylic acids is 2. The molecule has 4 aliphatic rings. The quantitative estimate of drug-likeness (QED) is 0.435. The summed E-state index contributed by atoms with van der Waals surface area (Å²) >= 11 is 1.36. The first-order chi connectivity index (χ1) is 16.6. The molecule has 1 aromatic carbocycles. The second-order valence-corrected chi connectivity index (χ2v) is 11.7. The molecule has 2 fully saturated rings. The number of β-lactam (4-membered cyclic amide) rings is 1. The number of benzene rings is 1. The normalized spacial score (nSPS) is 31.3. The average Bonchev–Trinajstić information content (AvgIpc) is 3.57. The van der Waals surface area contributed by atoms with E-state index in [9.17, 15) is 24.6 Å². The van der Waals surface area contributed by atoms with Crippen molar-refractivity contribution in [2.75, 3.05) is 0 Å². The monoisotopic (exact) mass is 499 g/mol. The van der Waals surface area contributed by atoms with Crippen LogP contribution in [0, 0.1) is 0 Å². The SMILES string of the molecule is CC1(C)S[C@@H]2[C@H](NC(=O)[C@H](N)c3cc(C4CCC=N4)c(O)c(C4CCC=N4)c3)C(=O)N2C1C(=O)O. The lowest BCUT2D eigenvalue weighted by Crippen LogP contribution is -2.71. The van der Waals surface area contributed by atoms with Crippen LogP contribution in [-0.2, 0) is 14.4 Å². The fraction of sp³-hybridized carbons (Fsp3) is 0.542. The molecule has 0 radical (unpaired) electrons. The topological polar surface area (TPSA) is 158 Å². The van der Waals surface area contributed by atoms with Gasteiger partial charge in [0.1, 0.15) is 29.2 Å². The molecule has 2 saturated heterocycles.